The average molecular weight is 281 g/mol. The van der Waals surface area contributed by atoms with Crippen LogP contribution in [0.15, 0.2) is 0 Å². The van der Waals surface area contributed by atoms with E-state index in [0.29, 0.717) is 12.1 Å². The molecule has 20 heavy (non-hydrogen) atoms. The van der Waals surface area contributed by atoms with Crippen molar-refractivity contribution in [1.82, 2.24) is 10.2 Å². The molecule has 0 aliphatic heterocycles. The van der Waals surface area contributed by atoms with E-state index in [4.69, 9.17) is 9.47 Å². The highest BCUT2D eigenvalue weighted by molar-refractivity contribution is 5.15. The second-order valence-corrected chi connectivity index (χ2v) is 6.03. The average Bonchev–Trinajstić information content (AvgIpc) is 3.17. The first-order valence-corrected chi connectivity index (χ1v) is 7.64. The van der Waals surface area contributed by atoms with Crippen LogP contribution < -0.4 is 5.32 Å². The Kier molecular flexibility index (Phi) is 5.79. The molecule has 0 heterocycles. The largest absolute Gasteiger partial charge is 0.383 e. The van der Waals surface area contributed by atoms with E-state index in [1.54, 1.807) is 14.2 Å². The molecule has 2 fully saturated rings. The van der Waals surface area contributed by atoms with Crippen molar-refractivity contribution in [3.8, 4) is 6.07 Å². The van der Waals surface area contributed by atoms with Gasteiger partial charge in [0.25, 0.3) is 0 Å². The third-order valence-corrected chi connectivity index (χ3v) is 4.44. The minimum absolute atomic E-state index is 0.301. The summed E-state index contributed by atoms with van der Waals surface area (Å²) in [7, 11) is 3.47. The van der Waals surface area contributed by atoms with Gasteiger partial charge in [-0.15, -0.1) is 0 Å². The number of nitrogens with one attached hydrogen (secondary N) is 1. The fraction of sp³-hybridized carbons (Fsp3) is 0.933. The zero-order valence-electron chi connectivity index (χ0n) is 12.7. The van der Waals surface area contributed by atoms with E-state index in [9.17, 15) is 5.26 Å². The Balaban J connectivity index is 1.90. The molecule has 0 bridgehead atoms. The van der Waals surface area contributed by atoms with Crippen molar-refractivity contribution >= 4 is 0 Å². The summed E-state index contributed by atoms with van der Waals surface area (Å²) in [4.78, 5) is 2.42. The van der Waals surface area contributed by atoms with Gasteiger partial charge in [-0.2, -0.15) is 5.26 Å². The molecule has 0 amide bonds. The summed E-state index contributed by atoms with van der Waals surface area (Å²) in [6.45, 7) is 3.29. The highest BCUT2D eigenvalue weighted by Gasteiger charge is 2.44. The van der Waals surface area contributed by atoms with E-state index in [-0.39, 0.29) is 5.54 Å². The van der Waals surface area contributed by atoms with Gasteiger partial charge in [-0.3, -0.25) is 10.2 Å². The van der Waals surface area contributed by atoms with Crippen LogP contribution in [0, 0.1) is 11.3 Å². The summed E-state index contributed by atoms with van der Waals surface area (Å²) in [5.74, 6) is 0. The van der Waals surface area contributed by atoms with Gasteiger partial charge in [0.2, 0.25) is 0 Å². The van der Waals surface area contributed by atoms with Crippen LogP contribution in [0.3, 0.4) is 0 Å². The lowest BCUT2D eigenvalue weighted by atomic mass is 9.99. The Labute approximate surface area is 122 Å². The number of nitrogens with zero attached hydrogens (tertiary/aromatic N) is 2. The van der Waals surface area contributed by atoms with Crippen molar-refractivity contribution in [3.63, 3.8) is 0 Å². The summed E-state index contributed by atoms with van der Waals surface area (Å²) in [6, 6.07) is 3.59. The van der Waals surface area contributed by atoms with Gasteiger partial charge in [-0.1, -0.05) is 0 Å². The molecular weight excluding hydrogens is 254 g/mol. The Hall–Kier alpha value is -0.670. The maximum absolute atomic E-state index is 9.56. The molecule has 0 aromatic heterocycles. The van der Waals surface area contributed by atoms with Crippen LogP contribution in [0.2, 0.25) is 0 Å². The van der Waals surface area contributed by atoms with Crippen LogP contribution in [0.25, 0.3) is 0 Å². The van der Waals surface area contributed by atoms with Gasteiger partial charge in [0.15, 0.2) is 0 Å². The fourth-order valence-electron chi connectivity index (χ4n) is 3.11. The van der Waals surface area contributed by atoms with Gasteiger partial charge in [-0.25, -0.2) is 0 Å². The molecule has 2 aliphatic rings. The first-order chi connectivity index (χ1) is 9.73. The maximum atomic E-state index is 9.56. The van der Waals surface area contributed by atoms with E-state index >= 15 is 0 Å². The molecule has 114 valence electrons. The summed E-state index contributed by atoms with van der Waals surface area (Å²) in [5.41, 5.74) is -0.301. The lowest BCUT2D eigenvalue weighted by Crippen LogP contribution is -2.46. The van der Waals surface area contributed by atoms with E-state index in [1.807, 2.05) is 0 Å². The van der Waals surface area contributed by atoms with Crippen LogP contribution in [0.5, 0.6) is 0 Å². The molecule has 1 N–H and O–H groups in total. The molecule has 2 unspecified atom stereocenters. The van der Waals surface area contributed by atoms with Crippen molar-refractivity contribution < 1.29 is 9.47 Å². The van der Waals surface area contributed by atoms with E-state index in [0.717, 1.165) is 45.6 Å². The first-order valence-electron chi connectivity index (χ1n) is 7.64. The smallest absolute Gasteiger partial charge is 0.108 e. The molecule has 2 saturated carbocycles. The molecule has 0 saturated heterocycles. The van der Waals surface area contributed by atoms with Gasteiger partial charge in [0.1, 0.15) is 5.54 Å². The number of methoxy groups -OCH3 is 2. The minimum atomic E-state index is -0.301. The topological polar surface area (TPSA) is 57.5 Å². The van der Waals surface area contributed by atoms with Crippen molar-refractivity contribution in [1.29, 1.82) is 5.26 Å². The normalized spacial score (nSPS) is 29.8. The van der Waals surface area contributed by atoms with E-state index < -0.39 is 0 Å². The molecule has 0 radical (unpaired) electrons. The van der Waals surface area contributed by atoms with Crippen molar-refractivity contribution in [2.75, 3.05) is 40.5 Å². The molecule has 2 atom stereocenters. The molecular formula is C15H27N3O2. The van der Waals surface area contributed by atoms with Gasteiger partial charge in [-0.05, 0) is 32.1 Å². The number of nitriles is 1. The summed E-state index contributed by atoms with van der Waals surface area (Å²) >= 11 is 0. The monoisotopic (exact) mass is 281 g/mol. The van der Waals surface area contributed by atoms with Crippen molar-refractivity contribution in [2.24, 2.45) is 0 Å². The van der Waals surface area contributed by atoms with Gasteiger partial charge in [0, 0.05) is 39.4 Å². The zero-order chi connectivity index (χ0) is 14.4. The van der Waals surface area contributed by atoms with Crippen LogP contribution in [0.1, 0.15) is 32.1 Å². The Morgan fingerprint density at radius 3 is 2.35 bits per heavy atom. The fourth-order valence-corrected chi connectivity index (χ4v) is 3.11. The third kappa shape index (κ3) is 4.16. The molecule has 5 nitrogen and oxygen atoms in total. The maximum Gasteiger partial charge on any atom is 0.108 e. The minimum Gasteiger partial charge on any atom is -0.383 e. The van der Waals surface area contributed by atoms with Gasteiger partial charge in [0.05, 0.1) is 19.3 Å². The number of hydrogen-bond acceptors (Lipinski definition) is 5. The van der Waals surface area contributed by atoms with E-state index in [1.165, 1.54) is 12.8 Å². The number of rotatable bonds is 9. The molecule has 0 aromatic carbocycles. The summed E-state index contributed by atoms with van der Waals surface area (Å²) in [5, 5.41) is 13.1. The predicted molar refractivity (Wildman–Crippen MR) is 77.5 cm³/mol. The Bertz CT molecular complexity index is 333. The summed E-state index contributed by atoms with van der Waals surface area (Å²) < 4.78 is 10.4. The van der Waals surface area contributed by atoms with Crippen LogP contribution >= 0.6 is 0 Å². The quantitative estimate of drug-likeness (QED) is 0.687. The summed E-state index contributed by atoms with van der Waals surface area (Å²) in [6.07, 6.45) is 5.42. The van der Waals surface area contributed by atoms with Crippen molar-refractivity contribution in [3.05, 3.63) is 0 Å². The predicted octanol–water partition coefficient (Wildman–Crippen LogP) is 1.15. The number of hydrogen-bond donors (Lipinski definition) is 1. The van der Waals surface area contributed by atoms with Crippen LogP contribution in [-0.4, -0.2) is 63.0 Å². The second-order valence-electron chi connectivity index (χ2n) is 6.03. The highest BCUT2D eigenvalue weighted by Crippen LogP contribution is 2.35. The lowest BCUT2D eigenvalue weighted by molar-refractivity contribution is 0.0870. The first kappa shape index (κ1) is 15.7. The SMILES string of the molecule is COCCN(CCOC)C1CCC(C#N)(NC2CC2)C1. The van der Waals surface area contributed by atoms with Crippen LogP contribution in [-0.2, 0) is 9.47 Å². The Morgan fingerprint density at radius 2 is 1.85 bits per heavy atom. The standard InChI is InChI=1S/C15H27N3O2/c1-19-9-7-18(8-10-20-2)14-5-6-15(11-14,12-16)17-13-3-4-13/h13-14,17H,3-11H2,1-2H3. The molecule has 2 rings (SSSR count). The van der Waals surface area contributed by atoms with E-state index in [2.05, 4.69) is 16.3 Å². The van der Waals surface area contributed by atoms with Crippen LogP contribution in [0.4, 0.5) is 0 Å². The molecule has 5 heteroatoms. The van der Waals surface area contributed by atoms with Gasteiger partial charge < -0.3 is 9.47 Å². The molecule has 0 spiro atoms. The number of ether oxygens (including phenoxy) is 2. The molecule has 0 aromatic rings. The highest BCUT2D eigenvalue weighted by atomic mass is 16.5. The van der Waals surface area contributed by atoms with Crippen molar-refractivity contribution in [2.45, 2.75) is 49.7 Å². The lowest BCUT2D eigenvalue weighted by Gasteiger charge is -2.30. The zero-order valence-corrected chi connectivity index (χ0v) is 12.7. The second kappa shape index (κ2) is 7.37. The molecule has 2 aliphatic carbocycles. The third-order valence-electron chi connectivity index (χ3n) is 4.44. The van der Waals surface area contributed by atoms with Gasteiger partial charge >= 0.3 is 0 Å². The Morgan fingerprint density at radius 1 is 1.20 bits per heavy atom.